The van der Waals surface area contributed by atoms with Crippen LogP contribution in [0.1, 0.15) is 11.6 Å². The molecule has 5 nitrogen and oxygen atoms in total. The molecule has 0 fully saturated rings. The van der Waals surface area contributed by atoms with E-state index in [1.165, 1.54) is 0 Å². The molecule has 20 heavy (non-hydrogen) atoms. The molecule has 2 N–H and O–H groups in total. The second kappa shape index (κ2) is 4.85. The van der Waals surface area contributed by atoms with Gasteiger partial charge in [-0.15, -0.1) is 0 Å². The van der Waals surface area contributed by atoms with Crippen LogP contribution in [0.15, 0.2) is 42.6 Å². The van der Waals surface area contributed by atoms with Gasteiger partial charge < -0.3 is 15.5 Å². The van der Waals surface area contributed by atoms with E-state index in [1.54, 1.807) is 6.20 Å². The van der Waals surface area contributed by atoms with Gasteiger partial charge in [-0.05, 0) is 29.8 Å². The number of aromatic nitrogens is 1. The van der Waals surface area contributed by atoms with Gasteiger partial charge in [0.2, 0.25) is 0 Å². The minimum atomic E-state index is -0.386. The second-order valence-corrected chi connectivity index (χ2v) is 4.95. The number of benzene rings is 1. The largest absolute Gasteiger partial charge is 0.378 e. The number of rotatable bonds is 2. The van der Waals surface area contributed by atoms with Crippen LogP contribution in [0.5, 0.6) is 0 Å². The highest BCUT2D eigenvalue weighted by molar-refractivity contribution is 6.02. The first-order valence-corrected chi connectivity index (χ1v) is 6.45. The van der Waals surface area contributed by atoms with Crippen molar-refractivity contribution >= 4 is 23.1 Å². The first kappa shape index (κ1) is 12.5. The van der Waals surface area contributed by atoms with Crippen molar-refractivity contribution in [1.29, 1.82) is 0 Å². The van der Waals surface area contributed by atoms with Gasteiger partial charge in [0.05, 0.1) is 5.69 Å². The Morgan fingerprint density at radius 1 is 1.15 bits per heavy atom. The summed E-state index contributed by atoms with van der Waals surface area (Å²) in [6, 6.07) is 11.3. The van der Waals surface area contributed by atoms with Crippen molar-refractivity contribution in [2.45, 2.75) is 6.04 Å². The fourth-order valence-corrected chi connectivity index (χ4v) is 2.23. The third kappa shape index (κ3) is 2.18. The molecule has 2 aromatic rings. The van der Waals surface area contributed by atoms with Gasteiger partial charge in [-0.3, -0.25) is 4.79 Å². The quantitative estimate of drug-likeness (QED) is 0.877. The van der Waals surface area contributed by atoms with Crippen molar-refractivity contribution in [3.05, 3.63) is 48.2 Å². The fourth-order valence-electron chi connectivity index (χ4n) is 2.23. The average molecular weight is 268 g/mol. The Kier molecular flexibility index (Phi) is 3.02. The van der Waals surface area contributed by atoms with E-state index in [0.717, 1.165) is 16.9 Å². The third-order valence-corrected chi connectivity index (χ3v) is 3.35. The zero-order valence-electron chi connectivity index (χ0n) is 11.4. The molecular formula is C15H16N4O. The minimum absolute atomic E-state index is 0.0891. The highest BCUT2D eigenvalue weighted by Gasteiger charge is 2.27. The maximum atomic E-state index is 12.2. The fraction of sp³-hybridized carbons (Fsp3) is 0.200. The number of nitrogens with one attached hydrogen (secondary N) is 2. The van der Waals surface area contributed by atoms with E-state index in [-0.39, 0.29) is 11.9 Å². The van der Waals surface area contributed by atoms with Crippen LogP contribution in [0.4, 0.5) is 17.2 Å². The lowest BCUT2D eigenvalue weighted by Gasteiger charge is -2.26. The molecule has 0 bridgehead atoms. The molecule has 1 aromatic heterocycles. The van der Waals surface area contributed by atoms with Crippen molar-refractivity contribution in [2.75, 3.05) is 29.6 Å². The molecule has 3 rings (SSSR count). The van der Waals surface area contributed by atoms with Crippen LogP contribution in [0.2, 0.25) is 0 Å². The van der Waals surface area contributed by atoms with Crippen LogP contribution in [0, 0.1) is 0 Å². The van der Waals surface area contributed by atoms with E-state index in [1.807, 2.05) is 55.4 Å². The smallest absolute Gasteiger partial charge is 0.252 e. The normalized spacial score (nSPS) is 16.9. The highest BCUT2D eigenvalue weighted by Crippen LogP contribution is 2.30. The molecule has 1 unspecified atom stereocenters. The van der Waals surface area contributed by atoms with Crippen molar-refractivity contribution in [3.63, 3.8) is 0 Å². The van der Waals surface area contributed by atoms with E-state index in [2.05, 4.69) is 15.6 Å². The van der Waals surface area contributed by atoms with Crippen LogP contribution < -0.4 is 15.5 Å². The molecule has 0 spiro atoms. The van der Waals surface area contributed by atoms with Crippen LogP contribution in [0.3, 0.4) is 0 Å². The van der Waals surface area contributed by atoms with Crippen molar-refractivity contribution in [3.8, 4) is 0 Å². The van der Waals surface area contributed by atoms with Gasteiger partial charge in [0.25, 0.3) is 5.91 Å². The number of fused-ring (bicyclic) bond motifs is 1. The number of amides is 1. The molecule has 0 saturated heterocycles. The van der Waals surface area contributed by atoms with E-state index in [0.29, 0.717) is 5.82 Å². The highest BCUT2D eigenvalue weighted by atomic mass is 16.2. The van der Waals surface area contributed by atoms with Crippen LogP contribution in [-0.4, -0.2) is 25.0 Å². The Balaban J connectivity index is 1.89. The number of carbonyl (C=O) groups is 1. The van der Waals surface area contributed by atoms with Crippen molar-refractivity contribution in [2.24, 2.45) is 0 Å². The summed E-state index contributed by atoms with van der Waals surface area (Å²) in [5, 5.41) is 6.05. The molecule has 1 atom stereocenters. The third-order valence-electron chi connectivity index (χ3n) is 3.35. The van der Waals surface area contributed by atoms with E-state index < -0.39 is 0 Å². The van der Waals surface area contributed by atoms with Gasteiger partial charge in [-0.1, -0.05) is 12.1 Å². The van der Waals surface area contributed by atoms with Gasteiger partial charge in [0, 0.05) is 26.0 Å². The number of pyridine rings is 1. The molecule has 5 heteroatoms. The van der Waals surface area contributed by atoms with Gasteiger partial charge in [0.15, 0.2) is 5.82 Å². The molecule has 1 aliphatic rings. The summed E-state index contributed by atoms with van der Waals surface area (Å²) in [5.74, 6) is 0.493. The summed E-state index contributed by atoms with van der Waals surface area (Å²) in [6.07, 6.45) is 1.66. The summed E-state index contributed by atoms with van der Waals surface area (Å²) in [7, 11) is 3.98. The average Bonchev–Trinajstić information content (AvgIpc) is 2.46. The maximum Gasteiger partial charge on any atom is 0.252 e. The molecular weight excluding hydrogens is 252 g/mol. The summed E-state index contributed by atoms with van der Waals surface area (Å²) < 4.78 is 0. The summed E-state index contributed by atoms with van der Waals surface area (Å²) >= 11 is 0. The Labute approximate surface area is 117 Å². The molecule has 1 amide bonds. The Morgan fingerprint density at radius 3 is 2.60 bits per heavy atom. The predicted molar refractivity (Wildman–Crippen MR) is 80.0 cm³/mol. The van der Waals surface area contributed by atoms with Gasteiger partial charge in [-0.2, -0.15) is 0 Å². The number of carbonyl (C=O) groups excluding carboxylic acids is 1. The molecule has 102 valence electrons. The first-order chi connectivity index (χ1) is 9.65. The number of hydrogen-bond acceptors (Lipinski definition) is 4. The monoisotopic (exact) mass is 268 g/mol. The first-order valence-electron chi connectivity index (χ1n) is 6.45. The standard InChI is InChI=1S/C15H16N4O/c1-19(2)11-7-5-10(6-8-11)13-15(20)18-14-12(17-13)4-3-9-16-14/h3-9,13,17H,1-2H3,(H,16,18,20). The SMILES string of the molecule is CN(C)c1ccc(C2Nc3cccnc3NC2=O)cc1. The lowest BCUT2D eigenvalue weighted by molar-refractivity contribution is -0.117. The topological polar surface area (TPSA) is 57.3 Å². The summed E-state index contributed by atoms with van der Waals surface area (Å²) in [6.45, 7) is 0. The van der Waals surface area contributed by atoms with Crippen LogP contribution >= 0.6 is 0 Å². The van der Waals surface area contributed by atoms with E-state index in [9.17, 15) is 4.79 Å². The van der Waals surface area contributed by atoms with Crippen molar-refractivity contribution in [1.82, 2.24) is 4.98 Å². The Morgan fingerprint density at radius 2 is 1.90 bits per heavy atom. The molecule has 0 aliphatic carbocycles. The Hall–Kier alpha value is -2.56. The summed E-state index contributed by atoms with van der Waals surface area (Å²) in [5.41, 5.74) is 2.88. The second-order valence-electron chi connectivity index (χ2n) is 4.95. The zero-order valence-corrected chi connectivity index (χ0v) is 11.4. The zero-order chi connectivity index (χ0) is 14.1. The lowest BCUT2D eigenvalue weighted by atomic mass is 10.0. The molecule has 0 saturated carbocycles. The minimum Gasteiger partial charge on any atom is -0.378 e. The number of nitrogens with zero attached hydrogens (tertiary/aromatic N) is 2. The van der Waals surface area contributed by atoms with Gasteiger partial charge in [0.1, 0.15) is 6.04 Å². The van der Waals surface area contributed by atoms with Gasteiger partial charge in [-0.25, -0.2) is 4.98 Å². The predicted octanol–water partition coefficient (Wildman–Crippen LogP) is 2.25. The Bertz CT molecular complexity index is 637. The number of anilines is 3. The summed E-state index contributed by atoms with van der Waals surface area (Å²) in [4.78, 5) is 18.3. The van der Waals surface area contributed by atoms with Gasteiger partial charge >= 0.3 is 0 Å². The van der Waals surface area contributed by atoms with E-state index >= 15 is 0 Å². The number of hydrogen-bond donors (Lipinski definition) is 2. The van der Waals surface area contributed by atoms with Crippen molar-refractivity contribution < 1.29 is 4.79 Å². The molecule has 1 aromatic carbocycles. The van der Waals surface area contributed by atoms with E-state index in [4.69, 9.17) is 0 Å². The van der Waals surface area contributed by atoms with Crippen LogP contribution in [-0.2, 0) is 4.79 Å². The molecule has 0 radical (unpaired) electrons. The molecule has 2 heterocycles. The lowest BCUT2D eigenvalue weighted by Crippen LogP contribution is -2.32. The molecule has 1 aliphatic heterocycles. The van der Waals surface area contributed by atoms with Crippen LogP contribution in [0.25, 0.3) is 0 Å². The maximum absolute atomic E-state index is 12.2.